The number of nitrogens with one attached hydrogen (secondary N) is 1. The van der Waals surface area contributed by atoms with Gasteiger partial charge in [0, 0.05) is 18.4 Å². The van der Waals surface area contributed by atoms with Crippen LogP contribution >= 0.6 is 15.9 Å². The molecule has 0 saturated carbocycles. The lowest BCUT2D eigenvalue weighted by Gasteiger charge is -2.16. The van der Waals surface area contributed by atoms with Gasteiger partial charge >= 0.3 is 0 Å². The fraction of sp³-hybridized carbons (Fsp3) is 0.214. The van der Waals surface area contributed by atoms with E-state index in [1.54, 1.807) is 12.4 Å². The van der Waals surface area contributed by atoms with E-state index in [4.69, 9.17) is 0 Å². The molecule has 88 valence electrons. The van der Waals surface area contributed by atoms with Gasteiger partial charge in [0.05, 0.1) is 10.2 Å². The third-order valence-corrected chi connectivity index (χ3v) is 3.35. The van der Waals surface area contributed by atoms with Crippen molar-refractivity contribution in [3.63, 3.8) is 0 Å². The Morgan fingerprint density at radius 3 is 2.53 bits per heavy atom. The first-order valence-electron chi connectivity index (χ1n) is 5.59. The molecule has 1 N–H and O–H groups in total. The largest absolute Gasteiger partial charge is 0.378 e. The smallest absolute Gasteiger partial charge is 0.0590 e. The Kier molecular flexibility index (Phi) is 3.79. The quantitative estimate of drug-likeness (QED) is 0.910. The SMILES string of the molecule is Cc1ccc(C(C)Nc2ccncc2Br)cc1. The highest BCUT2D eigenvalue weighted by atomic mass is 79.9. The lowest BCUT2D eigenvalue weighted by Crippen LogP contribution is -2.07. The molecule has 1 heterocycles. The number of hydrogen-bond acceptors (Lipinski definition) is 2. The normalized spacial score (nSPS) is 12.2. The average molecular weight is 291 g/mol. The van der Waals surface area contributed by atoms with Gasteiger partial charge in [-0.25, -0.2) is 0 Å². The first-order chi connectivity index (χ1) is 8.16. The van der Waals surface area contributed by atoms with Crippen LogP contribution in [-0.2, 0) is 0 Å². The fourth-order valence-electron chi connectivity index (χ4n) is 1.66. The Balaban J connectivity index is 2.14. The lowest BCUT2D eigenvalue weighted by atomic mass is 10.1. The number of hydrogen-bond donors (Lipinski definition) is 1. The minimum absolute atomic E-state index is 0.272. The Morgan fingerprint density at radius 2 is 1.88 bits per heavy atom. The number of halogens is 1. The van der Waals surface area contributed by atoms with Crippen LogP contribution in [0.15, 0.2) is 47.2 Å². The van der Waals surface area contributed by atoms with Crippen molar-refractivity contribution in [1.29, 1.82) is 0 Å². The summed E-state index contributed by atoms with van der Waals surface area (Å²) < 4.78 is 0.985. The van der Waals surface area contributed by atoms with E-state index in [1.807, 2.05) is 6.07 Å². The Hall–Kier alpha value is -1.35. The number of aromatic nitrogens is 1. The molecule has 0 bridgehead atoms. The molecule has 3 heteroatoms. The van der Waals surface area contributed by atoms with Gasteiger partial charge in [0.15, 0.2) is 0 Å². The van der Waals surface area contributed by atoms with Gasteiger partial charge in [-0.3, -0.25) is 4.98 Å². The van der Waals surface area contributed by atoms with Crippen LogP contribution in [0.4, 0.5) is 5.69 Å². The van der Waals surface area contributed by atoms with Crippen molar-refractivity contribution in [3.8, 4) is 0 Å². The Bertz CT molecular complexity index is 494. The maximum absolute atomic E-state index is 4.05. The minimum Gasteiger partial charge on any atom is -0.378 e. The summed E-state index contributed by atoms with van der Waals surface area (Å²) in [5.74, 6) is 0. The van der Waals surface area contributed by atoms with E-state index >= 15 is 0 Å². The maximum Gasteiger partial charge on any atom is 0.0590 e. The molecular formula is C14H15BrN2. The van der Waals surface area contributed by atoms with Crippen LogP contribution in [0.1, 0.15) is 24.1 Å². The van der Waals surface area contributed by atoms with Crippen LogP contribution in [0.3, 0.4) is 0 Å². The summed E-state index contributed by atoms with van der Waals surface area (Å²) in [6, 6.07) is 10.8. The van der Waals surface area contributed by atoms with E-state index in [-0.39, 0.29) is 6.04 Å². The molecule has 2 rings (SSSR count). The molecule has 0 aliphatic rings. The number of rotatable bonds is 3. The van der Waals surface area contributed by atoms with Crippen molar-refractivity contribution >= 4 is 21.6 Å². The van der Waals surface area contributed by atoms with Crippen LogP contribution in [0.25, 0.3) is 0 Å². The third kappa shape index (κ3) is 3.07. The van der Waals surface area contributed by atoms with Gasteiger partial charge in [0.1, 0.15) is 0 Å². The number of nitrogens with zero attached hydrogens (tertiary/aromatic N) is 1. The van der Waals surface area contributed by atoms with Crippen molar-refractivity contribution < 1.29 is 0 Å². The molecule has 0 spiro atoms. The first-order valence-corrected chi connectivity index (χ1v) is 6.39. The summed E-state index contributed by atoms with van der Waals surface area (Å²) in [4.78, 5) is 4.05. The summed E-state index contributed by atoms with van der Waals surface area (Å²) >= 11 is 3.48. The van der Waals surface area contributed by atoms with Crippen molar-refractivity contribution in [2.24, 2.45) is 0 Å². The Morgan fingerprint density at radius 1 is 1.18 bits per heavy atom. The summed E-state index contributed by atoms with van der Waals surface area (Å²) in [7, 11) is 0. The number of benzene rings is 1. The molecular weight excluding hydrogens is 276 g/mol. The van der Waals surface area contributed by atoms with Gasteiger partial charge in [-0.05, 0) is 41.4 Å². The van der Waals surface area contributed by atoms with Crippen LogP contribution in [0.2, 0.25) is 0 Å². The van der Waals surface area contributed by atoms with Crippen molar-refractivity contribution in [2.75, 3.05) is 5.32 Å². The fourth-order valence-corrected chi connectivity index (χ4v) is 2.03. The number of pyridine rings is 1. The molecule has 1 aromatic heterocycles. The molecule has 0 saturated heterocycles. The van der Waals surface area contributed by atoms with Crippen LogP contribution in [-0.4, -0.2) is 4.98 Å². The standard InChI is InChI=1S/C14H15BrN2/c1-10-3-5-12(6-4-10)11(2)17-14-7-8-16-9-13(14)15/h3-9,11H,1-2H3,(H,16,17). The van der Waals surface area contributed by atoms with E-state index in [0.717, 1.165) is 10.2 Å². The minimum atomic E-state index is 0.272. The monoisotopic (exact) mass is 290 g/mol. The number of anilines is 1. The number of aryl methyl sites for hydroxylation is 1. The van der Waals surface area contributed by atoms with E-state index < -0.39 is 0 Å². The molecule has 1 unspecified atom stereocenters. The topological polar surface area (TPSA) is 24.9 Å². The first kappa shape index (κ1) is 12.1. The van der Waals surface area contributed by atoms with Gasteiger partial charge in [-0.1, -0.05) is 29.8 Å². The molecule has 0 fully saturated rings. The predicted octanol–water partition coefficient (Wildman–Crippen LogP) is 4.33. The zero-order valence-corrected chi connectivity index (χ0v) is 11.5. The van der Waals surface area contributed by atoms with Crippen LogP contribution in [0.5, 0.6) is 0 Å². The van der Waals surface area contributed by atoms with Crippen molar-refractivity contribution in [2.45, 2.75) is 19.9 Å². The Labute approximate surface area is 110 Å². The maximum atomic E-state index is 4.05. The second kappa shape index (κ2) is 5.32. The van der Waals surface area contributed by atoms with Crippen molar-refractivity contribution in [3.05, 3.63) is 58.3 Å². The van der Waals surface area contributed by atoms with E-state index in [9.17, 15) is 0 Å². The lowest BCUT2D eigenvalue weighted by molar-refractivity contribution is 0.882. The summed E-state index contributed by atoms with van der Waals surface area (Å²) in [5.41, 5.74) is 3.62. The average Bonchev–Trinajstić information content (AvgIpc) is 2.33. The van der Waals surface area contributed by atoms with Gasteiger partial charge in [0.25, 0.3) is 0 Å². The van der Waals surface area contributed by atoms with Gasteiger partial charge in [0.2, 0.25) is 0 Å². The van der Waals surface area contributed by atoms with Gasteiger partial charge in [-0.2, -0.15) is 0 Å². The summed E-state index contributed by atoms with van der Waals surface area (Å²) in [5, 5.41) is 3.46. The highest BCUT2D eigenvalue weighted by molar-refractivity contribution is 9.10. The zero-order valence-electron chi connectivity index (χ0n) is 9.94. The second-order valence-corrected chi connectivity index (χ2v) is 4.99. The third-order valence-electron chi connectivity index (χ3n) is 2.72. The summed E-state index contributed by atoms with van der Waals surface area (Å²) in [6.45, 7) is 4.25. The molecule has 2 nitrogen and oxygen atoms in total. The molecule has 1 atom stereocenters. The molecule has 0 aliphatic heterocycles. The summed E-state index contributed by atoms with van der Waals surface area (Å²) in [6.07, 6.45) is 3.58. The van der Waals surface area contributed by atoms with Crippen LogP contribution < -0.4 is 5.32 Å². The van der Waals surface area contributed by atoms with Gasteiger partial charge in [-0.15, -0.1) is 0 Å². The van der Waals surface area contributed by atoms with E-state index in [2.05, 4.69) is 64.3 Å². The van der Waals surface area contributed by atoms with E-state index in [0.29, 0.717) is 0 Å². The van der Waals surface area contributed by atoms with Gasteiger partial charge < -0.3 is 5.32 Å². The van der Waals surface area contributed by atoms with E-state index in [1.165, 1.54) is 11.1 Å². The molecule has 0 amide bonds. The molecule has 2 aromatic rings. The molecule has 0 aliphatic carbocycles. The highest BCUT2D eigenvalue weighted by Crippen LogP contribution is 2.25. The molecule has 0 radical (unpaired) electrons. The second-order valence-electron chi connectivity index (χ2n) is 4.13. The highest BCUT2D eigenvalue weighted by Gasteiger charge is 2.06. The molecule has 17 heavy (non-hydrogen) atoms. The van der Waals surface area contributed by atoms with Crippen LogP contribution in [0, 0.1) is 6.92 Å². The predicted molar refractivity (Wildman–Crippen MR) is 75.2 cm³/mol. The van der Waals surface area contributed by atoms with Crippen molar-refractivity contribution in [1.82, 2.24) is 4.98 Å². The zero-order chi connectivity index (χ0) is 12.3. The molecule has 1 aromatic carbocycles.